The minimum atomic E-state index is -4.96. The largest absolute Gasteiger partial charge is 0.435 e. The molecule has 0 aromatic heterocycles. The summed E-state index contributed by atoms with van der Waals surface area (Å²) in [6.45, 7) is -2.29. The van der Waals surface area contributed by atoms with Crippen LogP contribution in [0.15, 0.2) is 53.7 Å². The number of nitrogens with zero attached hydrogens (tertiary/aromatic N) is 1. The lowest BCUT2D eigenvalue weighted by Crippen LogP contribution is -2.42. The number of amides is 2. The maximum atomic E-state index is 14.4. The van der Waals surface area contributed by atoms with Gasteiger partial charge in [0.2, 0.25) is 5.91 Å². The van der Waals surface area contributed by atoms with Gasteiger partial charge < -0.3 is 15.5 Å². The fourth-order valence-electron chi connectivity index (χ4n) is 4.10. The van der Waals surface area contributed by atoms with Crippen molar-refractivity contribution < 1.29 is 40.8 Å². The highest BCUT2D eigenvalue weighted by molar-refractivity contribution is 6.48. The van der Waals surface area contributed by atoms with Crippen LogP contribution in [0.5, 0.6) is 0 Å². The first kappa shape index (κ1) is 29.8. The number of nitrogens with one attached hydrogen (secondary N) is 2. The van der Waals surface area contributed by atoms with Crippen molar-refractivity contribution in [1.82, 2.24) is 10.6 Å². The van der Waals surface area contributed by atoms with Gasteiger partial charge in [0.05, 0.1) is 27.3 Å². The maximum absolute atomic E-state index is 14.4. The topological polar surface area (TPSA) is 79.8 Å². The smallest absolute Gasteiger partial charge is 0.374 e. The Morgan fingerprint density at radius 3 is 2.15 bits per heavy atom. The van der Waals surface area contributed by atoms with E-state index in [0.717, 1.165) is 12.1 Å². The number of rotatable bonds is 6. The van der Waals surface area contributed by atoms with Crippen molar-refractivity contribution in [2.75, 3.05) is 13.1 Å². The van der Waals surface area contributed by atoms with E-state index in [1.165, 1.54) is 18.2 Å². The van der Waals surface area contributed by atoms with Gasteiger partial charge in [-0.1, -0.05) is 70.3 Å². The van der Waals surface area contributed by atoms with Crippen LogP contribution in [0, 0.1) is 0 Å². The van der Waals surface area contributed by atoms with E-state index >= 15 is 0 Å². The molecule has 40 heavy (non-hydrogen) atoms. The van der Waals surface area contributed by atoms with Gasteiger partial charge in [0.15, 0.2) is 0 Å². The summed E-state index contributed by atoms with van der Waals surface area (Å²) in [6, 6.07) is 10.9. The number of benzene rings is 3. The minimum Gasteiger partial charge on any atom is -0.374 e. The fourth-order valence-corrected chi connectivity index (χ4v) is 4.70. The molecule has 0 radical (unpaired) electrons. The first-order chi connectivity index (χ1) is 18.6. The second kappa shape index (κ2) is 11.0. The number of carbonyl (C=O) groups is 2. The van der Waals surface area contributed by atoms with E-state index in [0.29, 0.717) is 5.39 Å². The first-order valence-electron chi connectivity index (χ1n) is 11.2. The van der Waals surface area contributed by atoms with Crippen molar-refractivity contribution in [3.63, 3.8) is 0 Å². The van der Waals surface area contributed by atoms with E-state index in [9.17, 15) is 35.9 Å². The van der Waals surface area contributed by atoms with E-state index < -0.39 is 54.8 Å². The summed E-state index contributed by atoms with van der Waals surface area (Å²) in [4.78, 5) is 29.5. The molecule has 0 fully saturated rings. The van der Waals surface area contributed by atoms with Crippen LogP contribution in [0.4, 0.5) is 26.3 Å². The second-order valence-electron chi connectivity index (χ2n) is 8.67. The zero-order valence-electron chi connectivity index (χ0n) is 19.8. The van der Waals surface area contributed by atoms with Gasteiger partial charge in [-0.3, -0.25) is 9.59 Å². The maximum Gasteiger partial charge on any atom is 0.435 e. The number of fused-ring (bicyclic) bond motifs is 1. The highest BCUT2D eigenvalue weighted by atomic mass is 35.5. The Kier molecular flexibility index (Phi) is 8.17. The molecule has 3 aromatic rings. The number of halogens is 9. The molecule has 1 aliphatic rings. The number of oxime groups is 1. The Hall–Kier alpha value is -3.22. The Labute approximate surface area is 237 Å². The third-order valence-corrected chi connectivity index (χ3v) is 7.21. The normalized spacial score (nSPS) is 17.4. The molecule has 2 N–H and O–H groups in total. The molecule has 0 aliphatic carbocycles. The van der Waals surface area contributed by atoms with E-state index in [1.54, 1.807) is 23.5 Å². The van der Waals surface area contributed by atoms with Gasteiger partial charge in [-0.05, 0) is 29.0 Å². The third-order valence-electron chi connectivity index (χ3n) is 6.01. The van der Waals surface area contributed by atoms with Crippen LogP contribution in [-0.4, -0.2) is 43.0 Å². The number of hydrogen-bond donors (Lipinski definition) is 2. The molecule has 1 aliphatic heterocycles. The number of carbonyl (C=O) groups excluding carboxylic acids is 2. The van der Waals surface area contributed by atoms with Crippen molar-refractivity contribution in [3.8, 4) is 0 Å². The van der Waals surface area contributed by atoms with Crippen molar-refractivity contribution in [3.05, 3.63) is 80.3 Å². The van der Waals surface area contributed by atoms with Gasteiger partial charge in [0.25, 0.3) is 11.5 Å². The van der Waals surface area contributed by atoms with E-state index in [1.807, 2.05) is 0 Å². The third kappa shape index (κ3) is 5.93. The quantitative estimate of drug-likeness (QED) is 0.234. The summed E-state index contributed by atoms with van der Waals surface area (Å²) in [7, 11) is 0. The summed E-state index contributed by atoms with van der Waals surface area (Å²) < 4.78 is 80.2. The lowest BCUT2D eigenvalue weighted by Gasteiger charge is -2.30. The Balaban J connectivity index is 1.63. The summed E-state index contributed by atoms with van der Waals surface area (Å²) in [5.41, 5.74) is -3.18. The summed E-state index contributed by atoms with van der Waals surface area (Å²) >= 11 is 17.9. The highest BCUT2D eigenvalue weighted by Gasteiger charge is 2.62. The second-order valence-corrected chi connectivity index (χ2v) is 9.86. The molecule has 0 saturated carbocycles. The van der Waals surface area contributed by atoms with E-state index in [4.69, 9.17) is 39.6 Å². The zero-order valence-corrected chi connectivity index (χ0v) is 22.1. The van der Waals surface area contributed by atoms with Gasteiger partial charge in [0.1, 0.15) is 6.54 Å². The Morgan fingerprint density at radius 1 is 0.925 bits per heavy atom. The molecular weight excluding hydrogens is 611 g/mol. The van der Waals surface area contributed by atoms with Gasteiger partial charge in [0, 0.05) is 23.1 Å². The van der Waals surface area contributed by atoms with Gasteiger partial charge in [-0.25, -0.2) is 0 Å². The molecule has 1 unspecified atom stereocenters. The molecule has 0 spiro atoms. The van der Waals surface area contributed by atoms with Crippen LogP contribution in [-0.2, 0) is 15.2 Å². The highest BCUT2D eigenvalue weighted by Crippen LogP contribution is 2.51. The minimum absolute atomic E-state index is 0.0286. The molecule has 1 heterocycles. The molecule has 0 bridgehead atoms. The zero-order chi connectivity index (χ0) is 29.5. The summed E-state index contributed by atoms with van der Waals surface area (Å²) in [5, 5.41) is 7.68. The predicted molar refractivity (Wildman–Crippen MR) is 137 cm³/mol. The molecule has 3 aromatic carbocycles. The van der Waals surface area contributed by atoms with Gasteiger partial charge >= 0.3 is 12.4 Å². The lowest BCUT2D eigenvalue weighted by atomic mass is 9.85. The lowest BCUT2D eigenvalue weighted by molar-refractivity contribution is -0.275. The predicted octanol–water partition coefficient (Wildman–Crippen LogP) is 6.79. The fraction of sp³-hybridized carbons (Fsp3) is 0.240. The molecule has 1 atom stereocenters. The monoisotopic (exact) mass is 625 g/mol. The molecule has 0 saturated heterocycles. The molecular formula is C25H16Cl3F6N3O3. The average Bonchev–Trinajstić information content (AvgIpc) is 3.35. The van der Waals surface area contributed by atoms with Crippen molar-refractivity contribution >= 4 is 63.1 Å². The SMILES string of the molecule is O=C(CNC(=O)c1ccc(C2=NOC(c3cc(Cl)c(Cl)c(Cl)c3)(C(F)(F)F)C2)c2ccccc12)NCC(F)(F)F. The Bertz CT molecular complexity index is 1500. The van der Waals surface area contributed by atoms with Crippen LogP contribution in [0.3, 0.4) is 0 Å². The van der Waals surface area contributed by atoms with Crippen LogP contribution < -0.4 is 10.6 Å². The number of hydrogen-bond acceptors (Lipinski definition) is 4. The summed E-state index contributed by atoms with van der Waals surface area (Å²) in [6.07, 6.45) is -10.3. The van der Waals surface area contributed by atoms with Crippen molar-refractivity contribution in [2.24, 2.45) is 5.16 Å². The molecule has 2 amide bonds. The molecule has 6 nitrogen and oxygen atoms in total. The number of alkyl halides is 6. The van der Waals surface area contributed by atoms with Crippen molar-refractivity contribution in [2.45, 2.75) is 24.4 Å². The van der Waals surface area contributed by atoms with Crippen LogP contribution in [0.25, 0.3) is 10.8 Å². The summed E-state index contributed by atoms with van der Waals surface area (Å²) in [5.74, 6) is -1.85. The standard InChI is InChI=1S/C25H16Cl3F6N3O3/c26-17-7-12(8-18(27)21(17)28)23(25(32,33)34)9-19(37-40-23)15-5-6-16(14-4-2-1-3-13(14)15)22(39)35-10-20(38)36-11-24(29,30)31/h1-8H,9-11H2,(H,35,39)(H,36,38). The van der Waals surface area contributed by atoms with Crippen LogP contribution in [0.2, 0.25) is 15.1 Å². The first-order valence-corrected chi connectivity index (χ1v) is 12.4. The van der Waals surface area contributed by atoms with Crippen LogP contribution in [0.1, 0.15) is 27.9 Å². The van der Waals surface area contributed by atoms with Crippen LogP contribution >= 0.6 is 34.8 Å². The Morgan fingerprint density at radius 2 is 1.55 bits per heavy atom. The van der Waals surface area contributed by atoms with Gasteiger partial charge in [-0.15, -0.1) is 0 Å². The van der Waals surface area contributed by atoms with Crippen molar-refractivity contribution in [1.29, 1.82) is 0 Å². The molecule has 4 rings (SSSR count). The van der Waals surface area contributed by atoms with E-state index in [-0.39, 0.29) is 37.3 Å². The van der Waals surface area contributed by atoms with Gasteiger partial charge in [-0.2, -0.15) is 26.3 Å². The molecule has 15 heteroatoms. The molecule has 212 valence electrons. The average molecular weight is 627 g/mol. The van der Waals surface area contributed by atoms with E-state index in [2.05, 4.69) is 10.5 Å².